The monoisotopic (exact) mass is 282 g/mol. The zero-order valence-electron chi connectivity index (χ0n) is 9.46. The second-order valence-electron chi connectivity index (χ2n) is 4.68. The number of aromatic nitrogens is 1. The van der Waals surface area contributed by atoms with Crippen molar-refractivity contribution in [3.8, 4) is 0 Å². The Hall–Kier alpha value is -0.870. The SMILES string of the molecule is CC(C)(N)CCc1nc2cccc(Br)c2o1. The van der Waals surface area contributed by atoms with Crippen molar-refractivity contribution in [2.75, 3.05) is 0 Å². The van der Waals surface area contributed by atoms with Crippen LogP contribution in [0.25, 0.3) is 11.1 Å². The molecule has 0 aliphatic rings. The number of oxazole rings is 1. The van der Waals surface area contributed by atoms with Crippen LogP contribution >= 0.6 is 15.9 Å². The lowest BCUT2D eigenvalue weighted by Crippen LogP contribution is -2.32. The number of nitrogens with two attached hydrogens (primary N) is 1. The van der Waals surface area contributed by atoms with Crippen molar-refractivity contribution in [2.45, 2.75) is 32.2 Å². The second-order valence-corrected chi connectivity index (χ2v) is 5.54. The van der Waals surface area contributed by atoms with Gasteiger partial charge in [-0.05, 0) is 48.3 Å². The Morgan fingerprint density at radius 3 is 2.81 bits per heavy atom. The molecule has 0 saturated carbocycles. The van der Waals surface area contributed by atoms with E-state index in [-0.39, 0.29) is 5.54 Å². The van der Waals surface area contributed by atoms with Crippen molar-refractivity contribution in [3.63, 3.8) is 0 Å². The number of halogens is 1. The Morgan fingerprint density at radius 2 is 2.19 bits per heavy atom. The van der Waals surface area contributed by atoms with Crippen molar-refractivity contribution in [2.24, 2.45) is 5.73 Å². The van der Waals surface area contributed by atoms with E-state index in [2.05, 4.69) is 20.9 Å². The number of aryl methyl sites for hydroxylation is 1. The molecular formula is C12H15BrN2O. The first-order valence-electron chi connectivity index (χ1n) is 5.28. The summed E-state index contributed by atoms with van der Waals surface area (Å²) in [6.07, 6.45) is 1.63. The molecule has 0 bridgehead atoms. The van der Waals surface area contributed by atoms with Gasteiger partial charge in [0.1, 0.15) is 5.52 Å². The van der Waals surface area contributed by atoms with Gasteiger partial charge in [0.2, 0.25) is 0 Å². The first-order valence-corrected chi connectivity index (χ1v) is 6.08. The number of fused-ring (bicyclic) bond motifs is 1. The van der Waals surface area contributed by atoms with Crippen LogP contribution in [0.1, 0.15) is 26.2 Å². The normalized spacial score (nSPS) is 12.2. The minimum atomic E-state index is -0.183. The van der Waals surface area contributed by atoms with Gasteiger partial charge in [0.15, 0.2) is 11.5 Å². The molecule has 1 heterocycles. The van der Waals surface area contributed by atoms with Crippen LogP contribution in [0.15, 0.2) is 27.1 Å². The molecule has 0 unspecified atom stereocenters. The van der Waals surface area contributed by atoms with Crippen LogP contribution in [-0.4, -0.2) is 10.5 Å². The zero-order chi connectivity index (χ0) is 11.8. The molecule has 4 heteroatoms. The van der Waals surface area contributed by atoms with Gasteiger partial charge in [0.25, 0.3) is 0 Å². The van der Waals surface area contributed by atoms with E-state index in [9.17, 15) is 0 Å². The van der Waals surface area contributed by atoms with Crippen LogP contribution in [0.2, 0.25) is 0 Å². The summed E-state index contributed by atoms with van der Waals surface area (Å²) in [4.78, 5) is 4.42. The Bertz CT molecular complexity index is 499. The highest BCUT2D eigenvalue weighted by Crippen LogP contribution is 2.25. The van der Waals surface area contributed by atoms with E-state index in [1.165, 1.54) is 0 Å². The average molecular weight is 283 g/mol. The maximum Gasteiger partial charge on any atom is 0.195 e. The molecule has 0 saturated heterocycles. The number of rotatable bonds is 3. The van der Waals surface area contributed by atoms with Gasteiger partial charge in [-0.15, -0.1) is 0 Å². The molecule has 86 valence electrons. The largest absolute Gasteiger partial charge is 0.440 e. The molecule has 0 atom stereocenters. The lowest BCUT2D eigenvalue weighted by atomic mass is 10.0. The number of para-hydroxylation sites is 1. The Labute approximate surface area is 103 Å². The minimum absolute atomic E-state index is 0.183. The molecule has 1 aromatic carbocycles. The van der Waals surface area contributed by atoms with E-state index in [0.29, 0.717) is 0 Å². The molecule has 2 rings (SSSR count). The summed E-state index contributed by atoms with van der Waals surface area (Å²) in [6, 6.07) is 5.84. The zero-order valence-corrected chi connectivity index (χ0v) is 11.0. The summed E-state index contributed by atoms with van der Waals surface area (Å²) < 4.78 is 6.62. The molecule has 0 aliphatic heterocycles. The summed E-state index contributed by atoms with van der Waals surface area (Å²) in [5.74, 6) is 0.750. The molecule has 1 aromatic heterocycles. The van der Waals surface area contributed by atoms with Crippen LogP contribution in [0.3, 0.4) is 0 Å². The first-order chi connectivity index (χ1) is 7.46. The maximum absolute atomic E-state index is 5.93. The van der Waals surface area contributed by atoms with Gasteiger partial charge in [-0.1, -0.05) is 6.07 Å². The lowest BCUT2D eigenvalue weighted by molar-refractivity contribution is 0.435. The summed E-state index contributed by atoms with van der Waals surface area (Å²) in [7, 11) is 0. The average Bonchev–Trinajstić information content (AvgIpc) is 2.58. The number of benzene rings is 1. The molecule has 0 radical (unpaired) electrons. The summed E-state index contributed by atoms with van der Waals surface area (Å²) in [6.45, 7) is 4.01. The van der Waals surface area contributed by atoms with E-state index in [0.717, 1.165) is 34.3 Å². The van der Waals surface area contributed by atoms with E-state index >= 15 is 0 Å². The molecule has 2 aromatic rings. The van der Waals surface area contributed by atoms with Crippen LogP contribution in [0, 0.1) is 0 Å². The van der Waals surface area contributed by atoms with Gasteiger partial charge in [-0.2, -0.15) is 0 Å². The Morgan fingerprint density at radius 1 is 1.44 bits per heavy atom. The predicted octanol–water partition coefficient (Wildman–Crippen LogP) is 3.26. The van der Waals surface area contributed by atoms with Crippen molar-refractivity contribution < 1.29 is 4.42 Å². The fraction of sp³-hybridized carbons (Fsp3) is 0.417. The van der Waals surface area contributed by atoms with E-state index in [1.54, 1.807) is 0 Å². The number of nitrogens with zero attached hydrogens (tertiary/aromatic N) is 1. The standard InChI is InChI=1S/C12H15BrN2O/c1-12(2,14)7-6-10-15-9-5-3-4-8(13)11(9)16-10/h3-5H,6-7,14H2,1-2H3. The summed E-state index contributed by atoms with van der Waals surface area (Å²) >= 11 is 3.44. The van der Waals surface area contributed by atoms with Crippen molar-refractivity contribution in [1.82, 2.24) is 4.98 Å². The van der Waals surface area contributed by atoms with Gasteiger partial charge in [0.05, 0.1) is 4.47 Å². The molecular weight excluding hydrogens is 268 g/mol. The third-order valence-corrected chi connectivity index (χ3v) is 3.02. The van der Waals surface area contributed by atoms with Gasteiger partial charge in [0, 0.05) is 12.0 Å². The molecule has 0 aliphatic carbocycles. The van der Waals surface area contributed by atoms with Crippen molar-refractivity contribution in [1.29, 1.82) is 0 Å². The molecule has 16 heavy (non-hydrogen) atoms. The van der Waals surface area contributed by atoms with Crippen molar-refractivity contribution in [3.05, 3.63) is 28.6 Å². The fourth-order valence-corrected chi connectivity index (χ4v) is 1.93. The molecule has 2 N–H and O–H groups in total. The fourth-order valence-electron chi connectivity index (χ4n) is 1.50. The Balaban J connectivity index is 2.24. The van der Waals surface area contributed by atoms with Gasteiger partial charge in [-0.25, -0.2) is 4.98 Å². The predicted molar refractivity (Wildman–Crippen MR) is 68.3 cm³/mol. The summed E-state index contributed by atoms with van der Waals surface area (Å²) in [5.41, 5.74) is 7.45. The van der Waals surface area contributed by atoms with Gasteiger partial charge < -0.3 is 10.2 Å². The Kier molecular flexibility index (Phi) is 3.04. The number of hydrogen-bond donors (Lipinski definition) is 1. The third-order valence-electron chi connectivity index (χ3n) is 2.39. The third kappa shape index (κ3) is 2.62. The van der Waals surface area contributed by atoms with Crippen molar-refractivity contribution >= 4 is 27.0 Å². The van der Waals surface area contributed by atoms with Gasteiger partial charge in [-0.3, -0.25) is 0 Å². The van der Waals surface area contributed by atoms with E-state index in [1.807, 2.05) is 32.0 Å². The quantitative estimate of drug-likeness (QED) is 0.940. The highest BCUT2D eigenvalue weighted by molar-refractivity contribution is 9.10. The van der Waals surface area contributed by atoms with E-state index in [4.69, 9.17) is 10.2 Å². The highest BCUT2D eigenvalue weighted by Gasteiger charge is 2.14. The molecule has 3 nitrogen and oxygen atoms in total. The van der Waals surface area contributed by atoms with Crippen LogP contribution in [0.4, 0.5) is 0 Å². The first kappa shape index (κ1) is 11.6. The second kappa shape index (κ2) is 4.18. The minimum Gasteiger partial charge on any atom is -0.440 e. The van der Waals surface area contributed by atoms with Crippen LogP contribution < -0.4 is 5.73 Å². The van der Waals surface area contributed by atoms with Gasteiger partial charge >= 0.3 is 0 Å². The smallest absolute Gasteiger partial charge is 0.195 e. The highest BCUT2D eigenvalue weighted by atomic mass is 79.9. The lowest BCUT2D eigenvalue weighted by Gasteiger charge is -2.16. The van der Waals surface area contributed by atoms with Crippen LogP contribution in [-0.2, 0) is 6.42 Å². The van der Waals surface area contributed by atoms with Crippen LogP contribution in [0.5, 0.6) is 0 Å². The topological polar surface area (TPSA) is 52.0 Å². The number of hydrogen-bond acceptors (Lipinski definition) is 3. The summed E-state index contributed by atoms with van der Waals surface area (Å²) in [5, 5.41) is 0. The van der Waals surface area contributed by atoms with E-state index < -0.39 is 0 Å². The molecule has 0 amide bonds. The molecule has 0 fully saturated rings. The molecule has 0 spiro atoms. The maximum atomic E-state index is 5.93.